The fourth-order valence-corrected chi connectivity index (χ4v) is 3.74. The molecule has 1 aliphatic carbocycles. The molecule has 1 aliphatic heterocycles. The summed E-state index contributed by atoms with van der Waals surface area (Å²) in [6.45, 7) is 0.496. The van der Waals surface area contributed by atoms with Crippen LogP contribution in [0.4, 0.5) is 10.5 Å². The van der Waals surface area contributed by atoms with Crippen LogP contribution in [0.25, 0.3) is 0 Å². The quantitative estimate of drug-likeness (QED) is 0.913. The Hall–Kier alpha value is -2.24. The molecule has 6 heteroatoms. The number of nitrogens with one attached hydrogen (secondary N) is 1. The minimum atomic E-state index is -0.155. The first-order chi connectivity index (χ1) is 12.1. The van der Waals surface area contributed by atoms with E-state index in [2.05, 4.69) is 5.32 Å². The molecule has 1 aromatic rings. The van der Waals surface area contributed by atoms with E-state index in [4.69, 9.17) is 4.74 Å². The van der Waals surface area contributed by atoms with Crippen molar-refractivity contribution in [3.05, 3.63) is 24.3 Å². The summed E-state index contributed by atoms with van der Waals surface area (Å²) in [6.07, 6.45) is 6.12. The second-order valence-corrected chi connectivity index (χ2v) is 6.96. The molecule has 3 amide bonds. The van der Waals surface area contributed by atoms with Gasteiger partial charge in [-0.25, -0.2) is 4.79 Å². The smallest absolute Gasteiger partial charge is 0.317 e. The number of hydrogen-bond acceptors (Lipinski definition) is 3. The van der Waals surface area contributed by atoms with Crippen LogP contribution in [0.15, 0.2) is 24.3 Å². The summed E-state index contributed by atoms with van der Waals surface area (Å²) in [5, 5.41) is 3.03. The average molecular weight is 345 g/mol. The minimum Gasteiger partial charge on any atom is -0.497 e. The second kappa shape index (κ2) is 7.76. The van der Waals surface area contributed by atoms with Gasteiger partial charge in [0.25, 0.3) is 0 Å². The topological polar surface area (TPSA) is 61.9 Å². The van der Waals surface area contributed by atoms with Crippen LogP contribution in [0.2, 0.25) is 0 Å². The lowest BCUT2D eigenvalue weighted by Gasteiger charge is -2.32. The third-order valence-corrected chi connectivity index (χ3v) is 5.26. The number of nitrogens with zero attached hydrogens (tertiary/aromatic N) is 2. The molecule has 2 aliphatic rings. The summed E-state index contributed by atoms with van der Waals surface area (Å²) in [4.78, 5) is 28.4. The Kier molecular flexibility index (Phi) is 5.46. The van der Waals surface area contributed by atoms with Gasteiger partial charge in [-0.3, -0.25) is 4.79 Å². The van der Waals surface area contributed by atoms with Crippen LogP contribution >= 0.6 is 0 Å². The van der Waals surface area contributed by atoms with Crippen molar-refractivity contribution >= 4 is 17.6 Å². The molecule has 1 N–H and O–H groups in total. The number of rotatable bonds is 4. The van der Waals surface area contributed by atoms with Gasteiger partial charge in [0.1, 0.15) is 5.75 Å². The molecule has 2 fully saturated rings. The summed E-state index contributed by atoms with van der Waals surface area (Å²) in [7, 11) is 3.47. The molecule has 1 heterocycles. The van der Waals surface area contributed by atoms with E-state index in [-0.39, 0.29) is 18.0 Å². The molecular formula is C19H27N3O3. The second-order valence-electron chi connectivity index (χ2n) is 6.96. The number of methoxy groups -OCH3 is 1. The van der Waals surface area contributed by atoms with Gasteiger partial charge in [-0.2, -0.15) is 0 Å². The van der Waals surface area contributed by atoms with E-state index < -0.39 is 0 Å². The zero-order valence-corrected chi connectivity index (χ0v) is 15.0. The Balaban J connectivity index is 1.59. The highest BCUT2D eigenvalue weighted by Crippen LogP contribution is 2.26. The van der Waals surface area contributed by atoms with Crippen molar-refractivity contribution in [1.29, 1.82) is 0 Å². The van der Waals surface area contributed by atoms with Crippen molar-refractivity contribution < 1.29 is 14.3 Å². The Labute approximate surface area is 149 Å². The van der Waals surface area contributed by atoms with E-state index in [1.54, 1.807) is 12.0 Å². The summed E-state index contributed by atoms with van der Waals surface area (Å²) < 4.78 is 5.23. The normalized spacial score (nSPS) is 21.3. The molecule has 1 atom stereocenters. The van der Waals surface area contributed by atoms with Crippen LogP contribution in [-0.2, 0) is 4.79 Å². The summed E-state index contributed by atoms with van der Waals surface area (Å²) in [6, 6.07) is 7.54. The molecule has 0 radical (unpaired) electrons. The zero-order chi connectivity index (χ0) is 17.8. The van der Waals surface area contributed by atoms with Crippen molar-refractivity contribution in [3.8, 4) is 5.75 Å². The summed E-state index contributed by atoms with van der Waals surface area (Å²) >= 11 is 0. The Morgan fingerprint density at radius 3 is 2.76 bits per heavy atom. The van der Waals surface area contributed by atoms with E-state index in [1.165, 1.54) is 19.3 Å². The molecule has 1 saturated heterocycles. The van der Waals surface area contributed by atoms with Gasteiger partial charge in [-0.15, -0.1) is 0 Å². The average Bonchev–Trinajstić information content (AvgIpc) is 3.02. The van der Waals surface area contributed by atoms with E-state index in [9.17, 15) is 9.59 Å². The molecule has 1 saturated carbocycles. The summed E-state index contributed by atoms with van der Waals surface area (Å²) in [5.41, 5.74) is 0.807. The molecule has 0 aromatic heterocycles. The number of ether oxygens (including phenoxy) is 1. The standard InChI is InChI=1S/C19H27N3O3/c1-21(15-7-4-3-5-8-15)19(24)20-14-11-18(23)22(13-14)16-9-6-10-17(12-16)25-2/h6,9-10,12,14-15H,3-5,7-8,11,13H2,1-2H3,(H,20,24). The lowest BCUT2D eigenvalue weighted by molar-refractivity contribution is -0.117. The Bertz CT molecular complexity index is 628. The first-order valence-corrected chi connectivity index (χ1v) is 9.06. The van der Waals surface area contributed by atoms with Crippen molar-refractivity contribution in [3.63, 3.8) is 0 Å². The van der Waals surface area contributed by atoms with E-state index in [1.807, 2.05) is 36.2 Å². The number of carbonyl (C=O) groups excluding carboxylic acids is 2. The van der Waals surface area contributed by atoms with Gasteiger partial charge in [0.05, 0.1) is 13.2 Å². The molecule has 3 rings (SSSR count). The third kappa shape index (κ3) is 4.06. The maximum absolute atomic E-state index is 12.5. The highest BCUT2D eigenvalue weighted by Gasteiger charge is 2.33. The Morgan fingerprint density at radius 2 is 2.04 bits per heavy atom. The van der Waals surface area contributed by atoms with Gasteiger partial charge < -0.3 is 19.9 Å². The molecule has 1 unspecified atom stereocenters. The monoisotopic (exact) mass is 345 g/mol. The van der Waals surface area contributed by atoms with Crippen molar-refractivity contribution in [2.45, 2.75) is 50.6 Å². The number of benzene rings is 1. The number of amides is 3. The largest absolute Gasteiger partial charge is 0.497 e. The lowest BCUT2D eigenvalue weighted by atomic mass is 9.95. The molecule has 6 nitrogen and oxygen atoms in total. The van der Waals surface area contributed by atoms with Gasteiger partial charge in [0.2, 0.25) is 5.91 Å². The molecule has 25 heavy (non-hydrogen) atoms. The molecular weight excluding hydrogens is 318 g/mol. The zero-order valence-electron chi connectivity index (χ0n) is 15.0. The van der Waals surface area contributed by atoms with Crippen LogP contribution in [0.1, 0.15) is 38.5 Å². The van der Waals surface area contributed by atoms with Gasteiger partial charge >= 0.3 is 6.03 Å². The van der Waals surface area contributed by atoms with Crippen molar-refractivity contribution in [2.24, 2.45) is 0 Å². The highest BCUT2D eigenvalue weighted by molar-refractivity contribution is 5.97. The number of anilines is 1. The summed E-state index contributed by atoms with van der Waals surface area (Å²) in [5.74, 6) is 0.744. The fraction of sp³-hybridized carbons (Fsp3) is 0.579. The maximum atomic E-state index is 12.5. The first kappa shape index (κ1) is 17.6. The van der Waals surface area contributed by atoms with E-state index in [0.717, 1.165) is 24.3 Å². The number of carbonyl (C=O) groups is 2. The third-order valence-electron chi connectivity index (χ3n) is 5.26. The van der Waals surface area contributed by atoms with Crippen molar-refractivity contribution in [1.82, 2.24) is 10.2 Å². The Morgan fingerprint density at radius 1 is 1.28 bits per heavy atom. The predicted molar refractivity (Wildman–Crippen MR) is 96.9 cm³/mol. The van der Waals surface area contributed by atoms with Crippen LogP contribution < -0.4 is 15.0 Å². The minimum absolute atomic E-state index is 0.0267. The maximum Gasteiger partial charge on any atom is 0.317 e. The van der Waals surface area contributed by atoms with Gasteiger partial charge in [-0.1, -0.05) is 25.3 Å². The molecule has 0 bridgehead atoms. The fourth-order valence-electron chi connectivity index (χ4n) is 3.74. The molecule has 136 valence electrons. The number of hydrogen-bond donors (Lipinski definition) is 1. The predicted octanol–water partition coefficient (Wildman–Crippen LogP) is 2.77. The van der Waals surface area contributed by atoms with Crippen LogP contribution in [0.5, 0.6) is 5.75 Å². The van der Waals surface area contributed by atoms with Crippen LogP contribution in [0, 0.1) is 0 Å². The van der Waals surface area contributed by atoms with Gasteiger partial charge in [0, 0.05) is 37.8 Å². The lowest BCUT2D eigenvalue weighted by Crippen LogP contribution is -2.48. The highest BCUT2D eigenvalue weighted by atomic mass is 16.5. The number of urea groups is 1. The van der Waals surface area contributed by atoms with E-state index >= 15 is 0 Å². The van der Waals surface area contributed by atoms with Gasteiger partial charge in [0.15, 0.2) is 0 Å². The van der Waals surface area contributed by atoms with Crippen molar-refractivity contribution in [2.75, 3.05) is 25.6 Å². The SMILES string of the molecule is COc1cccc(N2CC(NC(=O)N(C)C3CCCCC3)CC2=O)c1. The van der Waals surface area contributed by atoms with E-state index in [0.29, 0.717) is 19.0 Å². The first-order valence-electron chi connectivity index (χ1n) is 9.06. The molecule has 0 spiro atoms. The van der Waals surface area contributed by atoms with Crippen LogP contribution in [-0.4, -0.2) is 49.6 Å². The van der Waals surface area contributed by atoms with Crippen LogP contribution in [0.3, 0.4) is 0 Å². The van der Waals surface area contributed by atoms with Gasteiger partial charge in [-0.05, 0) is 25.0 Å². The molecule has 1 aromatic carbocycles.